The molecule has 1 aliphatic carbocycles. The van der Waals surface area contributed by atoms with Crippen LogP contribution >= 0.6 is 0 Å². The molecule has 11 rings (SSSR count). The predicted octanol–water partition coefficient (Wildman–Crippen LogP) is 15.6. The van der Waals surface area contributed by atoms with E-state index in [1.54, 1.807) is 0 Å². The van der Waals surface area contributed by atoms with E-state index in [0.717, 1.165) is 90.4 Å². The molecule has 0 bridgehead atoms. The van der Waals surface area contributed by atoms with E-state index in [1.165, 1.54) is 52.3 Å². The molecule has 5 aromatic carbocycles. The quantitative estimate of drug-likeness (QED) is 0.112. The van der Waals surface area contributed by atoms with Gasteiger partial charge in [0.25, 0.3) is 0 Å². The molecule has 0 atom stereocenters. The summed E-state index contributed by atoms with van der Waals surface area (Å²) in [4.78, 5) is 20.2. The normalized spacial score (nSPS) is 13.4. The predicted molar refractivity (Wildman–Crippen MR) is 286 cm³/mol. The minimum absolute atomic E-state index is 0. The fraction of sp³-hybridized carbons (Fsp3) is 0.279. The smallest absolute Gasteiger partial charge is 0.216 e. The van der Waals surface area contributed by atoms with Gasteiger partial charge in [-0.2, -0.15) is 0 Å². The van der Waals surface area contributed by atoms with Crippen LogP contribution in [-0.2, 0) is 31.9 Å². The number of pyridine rings is 3. The molecular formula is C61H61GeIrN5O-2. The zero-order valence-electron chi connectivity index (χ0n) is 41.4. The Bertz CT molecular complexity index is 3450. The molecule has 0 amide bonds. The van der Waals surface area contributed by atoms with Crippen molar-refractivity contribution in [3.8, 4) is 39.5 Å². The summed E-state index contributed by atoms with van der Waals surface area (Å²) in [5.41, 5.74) is 15.2. The first-order valence-corrected chi connectivity index (χ1v) is 31.8. The van der Waals surface area contributed by atoms with E-state index < -0.39 is 13.3 Å². The number of hydrogen-bond donors (Lipinski definition) is 0. The van der Waals surface area contributed by atoms with Gasteiger partial charge in [0, 0.05) is 48.0 Å². The summed E-state index contributed by atoms with van der Waals surface area (Å²) in [5, 5.41) is 3.12. The van der Waals surface area contributed by atoms with E-state index in [-0.39, 0.29) is 25.5 Å². The second kappa shape index (κ2) is 19.6. The molecule has 1 saturated carbocycles. The first-order valence-electron chi connectivity index (χ1n) is 24.4. The molecule has 10 aromatic rings. The van der Waals surface area contributed by atoms with Crippen molar-refractivity contribution in [1.82, 2.24) is 24.5 Å². The molecule has 1 fully saturated rings. The minimum Gasteiger partial charge on any atom is -0.486 e. The summed E-state index contributed by atoms with van der Waals surface area (Å²) in [6, 6.07) is 51.5. The summed E-state index contributed by atoms with van der Waals surface area (Å²) in [5.74, 6) is 9.33. The number of rotatable bonds is 8. The summed E-state index contributed by atoms with van der Waals surface area (Å²) in [7, 11) is 0. The van der Waals surface area contributed by atoms with Gasteiger partial charge in [-0.3, -0.25) is 9.97 Å². The molecule has 5 aromatic heterocycles. The van der Waals surface area contributed by atoms with Crippen molar-refractivity contribution >= 4 is 61.7 Å². The Balaban J connectivity index is 0.000000250. The van der Waals surface area contributed by atoms with E-state index in [9.17, 15) is 0 Å². The minimum atomic E-state index is -1.85. The van der Waals surface area contributed by atoms with E-state index in [0.29, 0.717) is 11.6 Å². The third kappa shape index (κ3) is 9.76. The number of furan rings is 1. The van der Waals surface area contributed by atoms with Crippen LogP contribution in [0.5, 0.6) is 0 Å². The van der Waals surface area contributed by atoms with Gasteiger partial charge < -0.3 is 8.98 Å². The van der Waals surface area contributed by atoms with E-state index >= 15 is 0 Å². The Morgan fingerprint density at radius 3 is 2.26 bits per heavy atom. The van der Waals surface area contributed by atoms with Crippen LogP contribution < -0.4 is 4.40 Å². The summed E-state index contributed by atoms with van der Waals surface area (Å²) >= 11 is -1.85. The van der Waals surface area contributed by atoms with Crippen LogP contribution in [0.25, 0.3) is 83.5 Å². The maximum Gasteiger partial charge on any atom is 0.216 e. The van der Waals surface area contributed by atoms with Crippen LogP contribution in [-0.4, -0.2) is 37.8 Å². The van der Waals surface area contributed by atoms with Gasteiger partial charge in [-0.15, -0.1) is 18.2 Å². The van der Waals surface area contributed by atoms with E-state index in [1.807, 2.05) is 31.2 Å². The maximum atomic E-state index is 6.70. The fourth-order valence-corrected chi connectivity index (χ4v) is 13.6. The van der Waals surface area contributed by atoms with Gasteiger partial charge in [0.2, 0.25) is 5.71 Å². The van der Waals surface area contributed by atoms with Crippen molar-refractivity contribution in [2.75, 3.05) is 0 Å². The van der Waals surface area contributed by atoms with Crippen molar-refractivity contribution in [3.05, 3.63) is 168 Å². The Labute approximate surface area is 423 Å². The molecule has 8 heteroatoms. The molecule has 351 valence electrons. The van der Waals surface area contributed by atoms with Gasteiger partial charge in [0.15, 0.2) is 0 Å². The number of aryl methyl sites for hydroxylation is 1. The third-order valence-electron chi connectivity index (χ3n) is 13.7. The average molecular weight is 1150 g/mol. The van der Waals surface area contributed by atoms with Crippen LogP contribution in [0.4, 0.5) is 0 Å². The van der Waals surface area contributed by atoms with Crippen LogP contribution in [0.2, 0.25) is 17.3 Å². The van der Waals surface area contributed by atoms with Gasteiger partial charge in [-0.1, -0.05) is 106 Å². The molecule has 0 aliphatic heterocycles. The number of nitrogens with zero attached hydrogens (tertiary/aromatic N) is 5. The summed E-state index contributed by atoms with van der Waals surface area (Å²) in [6.45, 7) is 13.4. The van der Waals surface area contributed by atoms with Gasteiger partial charge in [0.05, 0.1) is 28.0 Å². The summed E-state index contributed by atoms with van der Waals surface area (Å²) < 4.78 is 10.5. The molecule has 1 aliphatic rings. The SMILES string of the molecule is CC(C)c1cc(-c2[c-]cccc2)nc[c]1[Ge]([CH3])([CH3])[CH3].Cc1ccc2ccc3nc(-c4[c-]ccc5c4oc4nc(CC6CCCC6)ccc45)n(-c4ccc(-c5ccccc5)cc4C(C)(C)C)c3c2n1.[Ir]. The fourth-order valence-electron chi connectivity index (χ4n) is 10.1. The van der Waals surface area contributed by atoms with Gasteiger partial charge >= 0.3 is 119 Å². The summed E-state index contributed by atoms with van der Waals surface area (Å²) in [6.07, 6.45) is 8.37. The number of benzene rings is 5. The van der Waals surface area contributed by atoms with E-state index in [2.05, 4.69) is 183 Å². The van der Waals surface area contributed by atoms with Crippen LogP contribution in [0, 0.1) is 25.0 Å². The van der Waals surface area contributed by atoms with Crippen LogP contribution in [0.15, 0.2) is 138 Å². The zero-order chi connectivity index (χ0) is 47.3. The number of fused-ring (bicyclic) bond motifs is 6. The number of imidazole rings is 1. The van der Waals surface area contributed by atoms with Crippen LogP contribution in [0.3, 0.4) is 0 Å². The average Bonchev–Trinajstić information content (AvgIpc) is 4.09. The largest absolute Gasteiger partial charge is 0.486 e. The topological polar surface area (TPSA) is 69.6 Å². The van der Waals surface area contributed by atoms with Crippen molar-refractivity contribution in [2.24, 2.45) is 5.92 Å². The molecule has 1 radical (unpaired) electrons. The van der Waals surface area contributed by atoms with Gasteiger partial charge in [0.1, 0.15) is 0 Å². The van der Waals surface area contributed by atoms with E-state index in [4.69, 9.17) is 19.4 Å². The zero-order valence-corrected chi connectivity index (χ0v) is 45.9. The molecular weight excluding hydrogens is 1080 g/mol. The number of hydrogen-bond acceptors (Lipinski definition) is 5. The molecule has 6 nitrogen and oxygen atoms in total. The second-order valence-corrected chi connectivity index (χ2v) is 31.7. The standard InChI is InChI=1S/C44H39N4O.C17H22GeN.Ir/c1-27-17-18-30-19-23-37-40(39(30)45-27)48(38-24-20-31(26-36(38)44(2,3)4)29-13-6-5-7-14-29)42(47-37)35-16-10-15-33-34-22-21-32(25-28-11-8-9-12-28)46-43(34)49-41(33)35;1-13(2)15-11-17(14-9-7-6-8-10-14)19-12-16(15)18(3,4)5;/h5-7,10,13-15,17-24,26,28H,8-9,11-12,25H2,1-4H3;6-9,11-13H,1-5H3;/q2*-1;. The molecule has 0 spiro atoms. The molecule has 0 unspecified atom stereocenters. The molecule has 5 heterocycles. The molecule has 0 saturated heterocycles. The molecule has 0 N–H and O–H groups in total. The maximum absolute atomic E-state index is 6.70. The van der Waals surface area contributed by atoms with Crippen LogP contribution in [0.1, 0.15) is 88.7 Å². The second-order valence-electron chi connectivity index (χ2n) is 21.1. The monoisotopic (exact) mass is 1150 g/mol. The Morgan fingerprint density at radius 2 is 1.54 bits per heavy atom. The van der Waals surface area contributed by atoms with Crippen molar-refractivity contribution in [3.63, 3.8) is 0 Å². The van der Waals surface area contributed by atoms with Gasteiger partial charge in [-0.25, -0.2) is 4.98 Å². The Kier molecular flexibility index (Phi) is 13.7. The third-order valence-corrected chi connectivity index (χ3v) is 17.9. The van der Waals surface area contributed by atoms with Gasteiger partial charge in [-0.05, 0) is 77.8 Å². The first kappa shape index (κ1) is 48.3. The first-order chi connectivity index (χ1) is 32.7. The Morgan fingerprint density at radius 1 is 0.768 bits per heavy atom. The Hall–Kier alpha value is -5.73. The van der Waals surface area contributed by atoms with Crippen molar-refractivity contribution < 1.29 is 24.5 Å². The van der Waals surface area contributed by atoms with Crippen molar-refractivity contribution in [1.29, 1.82) is 0 Å². The van der Waals surface area contributed by atoms with Crippen molar-refractivity contribution in [2.45, 2.75) is 102 Å². The number of aromatic nitrogens is 5. The molecule has 69 heavy (non-hydrogen) atoms.